The predicted octanol–water partition coefficient (Wildman–Crippen LogP) is 4.30. The van der Waals surface area contributed by atoms with Gasteiger partial charge in [0, 0.05) is 35.6 Å². The molecule has 2 fully saturated rings. The maximum atomic E-state index is 13.2. The maximum Gasteiger partial charge on any atom is 0.240 e. The van der Waals surface area contributed by atoms with Crippen LogP contribution in [-0.2, 0) is 11.3 Å². The molecule has 2 aliphatic heterocycles. The third-order valence-corrected chi connectivity index (χ3v) is 8.21. The number of carbonyl (C=O) groups is 1. The molecular weight excluding hydrogens is 463 g/mol. The number of likely N-dealkylation sites (tertiary alicyclic amines) is 2. The van der Waals surface area contributed by atoms with Crippen molar-refractivity contribution in [3.8, 4) is 11.3 Å². The lowest BCUT2D eigenvalue weighted by Gasteiger charge is -2.48. The smallest absolute Gasteiger partial charge is 0.240 e. The summed E-state index contributed by atoms with van der Waals surface area (Å²) in [7, 11) is 0. The molecule has 0 bridgehead atoms. The molecule has 8 heteroatoms. The lowest BCUT2D eigenvalue weighted by Crippen LogP contribution is -2.61. The number of carbonyl (C=O) groups excluding carboxylic acids is 1. The van der Waals surface area contributed by atoms with Crippen LogP contribution in [0.5, 0.6) is 0 Å². The van der Waals surface area contributed by atoms with E-state index in [-0.39, 0.29) is 23.8 Å². The molecule has 35 heavy (non-hydrogen) atoms. The predicted molar refractivity (Wildman–Crippen MR) is 137 cm³/mol. The van der Waals surface area contributed by atoms with Gasteiger partial charge in [-0.05, 0) is 62.6 Å². The van der Waals surface area contributed by atoms with E-state index < -0.39 is 6.10 Å². The van der Waals surface area contributed by atoms with Gasteiger partial charge in [0.05, 0.1) is 18.3 Å². The van der Waals surface area contributed by atoms with E-state index in [0.29, 0.717) is 11.7 Å². The molecule has 2 aliphatic rings. The first-order chi connectivity index (χ1) is 16.9. The summed E-state index contributed by atoms with van der Waals surface area (Å²) in [5.74, 6) is -0.429. The number of nitrogens with one attached hydrogen (secondary N) is 1. The molecule has 3 aromatic rings. The van der Waals surface area contributed by atoms with Crippen LogP contribution in [-0.4, -0.2) is 63.6 Å². The number of piperidine rings is 1. The van der Waals surface area contributed by atoms with Crippen molar-refractivity contribution in [2.24, 2.45) is 0 Å². The Bertz CT molecular complexity index is 1170. The second kappa shape index (κ2) is 10.1. The summed E-state index contributed by atoms with van der Waals surface area (Å²) < 4.78 is 13.2. The molecule has 1 amide bonds. The van der Waals surface area contributed by atoms with Crippen LogP contribution in [0.4, 0.5) is 9.52 Å². The third-order valence-electron chi connectivity index (χ3n) is 7.32. The molecule has 184 valence electrons. The Hall–Kier alpha value is -2.65. The van der Waals surface area contributed by atoms with Crippen molar-refractivity contribution < 1.29 is 14.3 Å². The van der Waals surface area contributed by atoms with E-state index in [1.165, 1.54) is 29.0 Å². The SMILES string of the molecule is Cc1sc(NC(=O)CN2CC[C@@]3(CCCN3Cc3ccccc3)[C@@H](O)C2)nc1-c1ccc(F)cc1. The lowest BCUT2D eigenvalue weighted by atomic mass is 9.82. The van der Waals surface area contributed by atoms with E-state index in [2.05, 4.69) is 39.5 Å². The van der Waals surface area contributed by atoms with Crippen molar-refractivity contribution in [3.63, 3.8) is 0 Å². The first kappa shape index (κ1) is 24.1. The summed E-state index contributed by atoms with van der Waals surface area (Å²) >= 11 is 1.41. The average Bonchev–Trinajstić information content (AvgIpc) is 3.41. The molecule has 2 aromatic carbocycles. The highest BCUT2D eigenvalue weighted by molar-refractivity contribution is 7.16. The van der Waals surface area contributed by atoms with Gasteiger partial charge in [0.15, 0.2) is 5.13 Å². The van der Waals surface area contributed by atoms with Crippen molar-refractivity contribution in [2.45, 2.75) is 44.4 Å². The van der Waals surface area contributed by atoms with Gasteiger partial charge in [-0.25, -0.2) is 9.37 Å². The molecule has 2 N–H and O–H groups in total. The number of thiazole rings is 1. The fourth-order valence-corrected chi connectivity index (χ4v) is 6.36. The minimum Gasteiger partial charge on any atom is -0.390 e. The number of amides is 1. The van der Waals surface area contributed by atoms with Gasteiger partial charge in [-0.15, -0.1) is 11.3 Å². The molecule has 0 saturated carbocycles. The molecule has 6 nitrogen and oxygen atoms in total. The number of aromatic nitrogens is 1. The molecule has 1 aromatic heterocycles. The minimum atomic E-state index is -0.498. The normalized spacial score (nSPS) is 23.1. The fraction of sp³-hybridized carbons (Fsp3) is 0.407. The van der Waals surface area contributed by atoms with Crippen LogP contribution < -0.4 is 5.32 Å². The number of halogens is 1. The number of anilines is 1. The first-order valence-electron chi connectivity index (χ1n) is 12.2. The first-order valence-corrected chi connectivity index (χ1v) is 13.0. The number of aryl methyl sites for hydroxylation is 1. The maximum absolute atomic E-state index is 13.2. The summed E-state index contributed by atoms with van der Waals surface area (Å²) in [5.41, 5.74) is 2.63. The van der Waals surface area contributed by atoms with Gasteiger partial charge in [0.25, 0.3) is 0 Å². The molecule has 0 radical (unpaired) electrons. The Labute approximate surface area is 209 Å². The Morgan fingerprint density at radius 2 is 1.94 bits per heavy atom. The zero-order valence-corrected chi connectivity index (χ0v) is 20.7. The van der Waals surface area contributed by atoms with Gasteiger partial charge in [0.2, 0.25) is 5.91 Å². The van der Waals surface area contributed by atoms with E-state index in [4.69, 9.17) is 0 Å². The number of aliphatic hydroxyl groups excluding tert-OH is 1. The zero-order valence-electron chi connectivity index (χ0n) is 19.9. The average molecular weight is 495 g/mol. The topological polar surface area (TPSA) is 68.7 Å². The molecular formula is C27H31FN4O2S. The van der Waals surface area contributed by atoms with Crippen LogP contribution in [0.15, 0.2) is 54.6 Å². The highest BCUT2D eigenvalue weighted by Gasteiger charge is 2.49. The van der Waals surface area contributed by atoms with Gasteiger partial charge in [0.1, 0.15) is 5.82 Å². The molecule has 1 spiro atoms. The van der Waals surface area contributed by atoms with Crippen LogP contribution in [0.1, 0.15) is 29.7 Å². The van der Waals surface area contributed by atoms with E-state index in [1.54, 1.807) is 12.1 Å². The third kappa shape index (κ3) is 5.16. The Morgan fingerprint density at radius 3 is 2.69 bits per heavy atom. The van der Waals surface area contributed by atoms with Gasteiger partial charge >= 0.3 is 0 Å². The fourth-order valence-electron chi connectivity index (χ4n) is 5.51. The number of rotatable bonds is 6. The van der Waals surface area contributed by atoms with E-state index >= 15 is 0 Å². The monoisotopic (exact) mass is 494 g/mol. The largest absolute Gasteiger partial charge is 0.390 e. The number of nitrogens with zero attached hydrogens (tertiary/aromatic N) is 3. The van der Waals surface area contributed by atoms with E-state index in [0.717, 1.165) is 55.0 Å². The van der Waals surface area contributed by atoms with Crippen molar-refractivity contribution in [3.05, 3.63) is 70.9 Å². The van der Waals surface area contributed by atoms with Crippen molar-refractivity contribution in [1.82, 2.24) is 14.8 Å². The number of aliphatic hydroxyl groups is 1. The van der Waals surface area contributed by atoms with E-state index in [1.807, 2.05) is 17.9 Å². The molecule has 2 saturated heterocycles. The highest BCUT2D eigenvalue weighted by atomic mass is 32.1. The standard InChI is InChI=1S/C27H31FN4O2S/c1-19-25(21-8-10-22(28)11-9-21)30-26(35-19)29-24(34)18-31-15-13-27(23(33)17-31)12-5-14-32(27)16-20-6-3-2-4-7-20/h2-4,6-11,23,33H,5,12-18H2,1H3,(H,29,30,34)/t23-,27-/m0/s1. The summed E-state index contributed by atoms with van der Waals surface area (Å²) in [6.45, 7) is 5.25. The van der Waals surface area contributed by atoms with Crippen LogP contribution in [0, 0.1) is 12.7 Å². The molecule has 3 heterocycles. The van der Waals surface area contributed by atoms with E-state index in [9.17, 15) is 14.3 Å². The van der Waals surface area contributed by atoms with Gasteiger partial charge < -0.3 is 10.4 Å². The van der Waals surface area contributed by atoms with Crippen molar-refractivity contribution in [2.75, 3.05) is 31.5 Å². The summed E-state index contributed by atoms with van der Waals surface area (Å²) in [4.78, 5) is 22.8. The number of β-amino-alcohol motifs (C(OH)–C–C–N with tert-alkyl or cyclic N) is 1. The van der Waals surface area contributed by atoms with Gasteiger partial charge in [-0.3, -0.25) is 14.6 Å². The summed E-state index contributed by atoms with van der Waals surface area (Å²) in [6.07, 6.45) is 2.43. The Balaban J connectivity index is 1.18. The quantitative estimate of drug-likeness (QED) is 0.535. The number of hydrogen-bond donors (Lipinski definition) is 2. The highest BCUT2D eigenvalue weighted by Crippen LogP contribution is 2.39. The molecule has 5 rings (SSSR count). The van der Waals surface area contributed by atoms with Crippen LogP contribution >= 0.6 is 11.3 Å². The summed E-state index contributed by atoms with van der Waals surface area (Å²) in [6, 6.07) is 16.6. The van der Waals surface area contributed by atoms with Gasteiger partial charge in [-0.1, -0.05) is 30.3 Å². The Morgan fingerprint density at radius 1 is 1.17 bits per heavy atom. The minimum absolute atomic E-state index is 0.139. The van der Waals surface area contributed by atoms with Crippen LogP contribution in [0.2, 0.25) is 0 Å². The molecule has 0 unspecified atom stereocenters. The second-order valence-electron chi connectivity index (χ2n) is 9.59. The number of benzene rings is 2. The number of hydrogen-bond acceptors (Lipinski definition) is 6. The van der Waals surface area contributed by atoms with Crippen molar-refractivity contribution >= 4 is 22.4 Å². The summed E-state index contributed by atoms with van der Waals surface area (Å²) in [5, 5.41) is 14.7. The molecule has 2 atom stereocenters. The molecule has 0 aliphatic carbocycles. The van der Waals surface area contributed by atoms with Crippen molar-refractivity contribution in [1.29, 1.82) is 0 Å². The Kier molecular flexibility index (Phi) is 6.98. The second-order valence-corrected chi connectivity index (χ2v) is 10.8. The van der Waals surface area contributed by atoms with Gasteiger partial charge in [-0.2, -0.15) is 0 Å². The van der Waals surface area contributed by atoms with Crippen LogP contribution in [0.25, 0.3) is 11.3 Å². The zero-order chi connectivity index (χ0) is 24.4. The van der Waals surface area contributed by atoms with Crippen LogP contribution in [0.3, 0.4) is 0 Å². The lowest BCUT2D eigenvalue weighted by molar-refractivity contribution is -0.120.